The van der Waals surface area contributed by atoms with Crippen LogP contribution in [0.25, 0.3) is 22.8 Å². The van der Waals surface area contributed by atoms with Crippen LogP contribution in [-0.2, 0) is 0 Å². The number of benzene rings is 2. The predicted molar refractivity (Wildman–Crippen MR) is 96.0 cm³/mol. The Morgan fingerprint density at radius 2 is 2.08 bits per heavy atom. The Labute approximate surface area is 151 Å². The zero-order valence-corrected chi connectivity index (χ0v) is 14.4. The zero-order chi connectivity index (χ0) is 18.0. The molecule has 0 bridgehead atoms. The van der Waals surface area contributed by atoms with Gasteiger partial charge in [-0.15, -0.1) is 0 Å². The molecule has 3 aromatic rings. The van der Waals surface area contributed by atoms with Gasteiger partial charge in [0.05, 0.1) is 11.7 Å². The Balaban J connectivity index is 1.98. The summed E-state index contributed by atoms with van der Waals surface area (Å²) >= 11 is 6.19. The van der Waals surface area contributed by atoms with Crippen molar-refractivity contribution in [2.75, 3.05) is 0 Å². The second-order valence-corrected chi connectivity index (χ2v) is 6.00. The number of hydrogen-bond acceptors (Lipinski definition) is 5. The molecule has 0 saturated heterocycles. The normalized spacial score (nSPS) is 10.7. The number of aromatic nitrogens is 2. The highest BCUT2D eigenvalue weighted by molar-refractivity contribution is 6.46. The van der Waals surface area contributed by atoms with Crippen molar-refractivity contribution in [2.45, 2.75) is 20.0 Å². The molecule has 2 radical (unpaired) electrons. The molecule has 7 heteroatoms. The molecule has 122 valence electrons. The first-order chi connectivity index (χ1) is 12.0. The largest absolute Gasteiger partial charge is 0.490 e. The third kappa shape index (κ3) is 3.52. The van der Waals surface area contributed by atoms with E-state index < -0.39 is 0 Å². The molecule has 25 heavy (non-hydrogen) atoms. The molecular formula is C18H13BClN3O2. The number of nitriles is 1. The van der Waals surface area contributed by atoms with Gasteiger partial charge in [0.15, 0.2) is 0 Å². The van der Waals surface area contributed by atoms with Crippen LogP contribution in [0.3, 0.4) is 0 Å². The van der Waals surface area contributed by atoms with E-state index >= 15 is 0 Å². The maximum Gasteiger partial charge on any atom is 0.258 e. The summed E-state index contributed by atoms with van der Waals surface area (Å²) in [6.07, 6.45) is -0.0290. The maximum atomic E-state index is 9.32. The monoisotopic (exact) mass is 349 g/mol. The van der Waals surface area contributed by atoms with Crippen LogP contribution in [0.1, 0.15) is 19.4 Å². The Bertz CT molecular complexity index is 963. The first-order valence-electron chi connectivity index (χ1n) is 7.59. The second kappa shape index (κ2) is 7.00. The van der Waals surface area contributed by atoms with Gasteiger partial charge in [0.2, 0.25) is 5.82 Å². The fourth-order valence-corrected chi connectivity index (χ4v) is 2.49. The molecule has 1 aromatic heterocycles. The topological polar surface area (TPSA) is 71.9 Å². The Morgan fingerprint density at radius 1 is 1.28 bits per heavy atom. The van der Waals surface area contributed by atoms with E-state index in [-0.39, 0.29) is 12.0 Å². The van der Waals surface area contributed by atoms with Gasteiger partial charge in [-0.25, -0.2) is 0 Å². The SMILES string of the molecule is [B]c1cccc(-c2noc(-c3ccc(OC(C)C)c(C#N)c3)n2)c1Cl. The quantitative estimate of drug-likeness (QED) is 0.674. The van der Waals surface area contributed by atoms with Gasteiger partial charge in [-0.05, 0) is 38.1 Å². The van der Waals surface area contributed by atoms with E-state index in [0.29, 0.717) is 38.7 Å². The summed E-state index contributed by atoms with van der Waals surface area (Å²) in [6, 6.07) is 12.5. The van der Waals surface area contributed by atoms with Crippen LogP contribution < -0.4 is 10.2 Å². The number of rotatable bonds is 4. The van der Waals surface area contributed by atoms with Gasteiger partial charge in [0, 0.05) is 16.1 Å². The minimum atomic E-state index is -0.0290. The highest BCUT2D eigenvalue weighted by atomic mass is 35.5. The lowest BCUT2D eigenvalue weighted by molar-refractivity contribution is 0.242. The van der Waals surface area contributed by atoms with Crippen LogP contribution in [0, 0.1) is 11.3 Å². The highest BCUT2D eigenvalue weighted by Crippen LogP contribution is 2.29. The number of hydrogen-bond donors (Lipinski definition) is 0. The van der Waals surface area contributed by atoms with E-state index in [1.54, 1.807) is 36.4 Å². The molecule has 0 amide bonds. The minimum Gasteiger partial charge on any atom is -0.490 e. The number of nitrogens with zero attached hydrogens (tertiary/aromatic N) is 3. The van der Waals surface area contributed by atoms with Crippen LogP contribution in [0.5, 0.6) is 5.75 Å². The first kappa shape index (κ1) is 17.1. The lowest BCUT2D eigenvalue weighted by atomic mass is 9.94. The summed E-state index contributed by atoms with van der Waals surface area (Å²) in [5.41, 5.74) is 2.03. The van der Waals surface area contributed by atoms with Gasteiger partial charge < -0.3 is 9.26 Å². The second-order valence-electron chi connectivity index (χ2n) is 5.62. The van der Waals surface area contributed by atoms with E-state index in [0.717, 1.165) is 0 Å². The third-order valence-electron chi connectivity index (χ3n) is 3.41. The Hall–Kier alpha value is -2.78. The average molecular weight is 350 g/mol. The van der Waals surface area contributed by atoms with Gasteiger partial charge in [-0.2, -0.15) is 10.2 Å². The number of halogens is 1. The fraction of sp³-hybridized carbons (Fsp3) is 0.167. The Kier molecular flexibility index (Phi) is 4.78. The zero-order valence-electron chi connectivity index (χ0n) is 13.7. The lowest BCUT2D eigenvalue weighted by Crippen LogP contribution is -2.06. The smallest absolute Gasteiger partial charge is 0.258 e. The third-order valence-corrected chi connectivity index (χ3v) is 3.83. The number of ether oxygens (including phenoxy) is 1. The molecule has 3 rings (SSSR count). The highest BCUT2D eigenvalue weighted by Gasteiger charge is 2.16. The van der Waals surface area contributed by atoms with E-state index in [1.807, 2.05) is 13.8 Å². The van der Waals surface area contributed by atoms with Gasteiger partial charge >= 0.3 is 0 Å². The molecule has 5 nitrogen and oxygen atoms in total. The van der Waals surface area contributed by atoms with Crippen molar-refractivity contribution in [3.63, 3.8) is 0 Å². The molecule has 0 saturated carbocycles. The Morgan fingerprint density at radius 3 is 2.80 bits per heavy atom. The van der Waals surface area contributed by atoms with Crippen molar-refractivity contribution in [1.29, 1.82) is 5.26 Å². The van der Waals surface area contributed by atoms with Crippen molar-refractivity contribution >= 4 is 24.9 Å². The van der Waals surface area contributed by atoms with Gasteiger partial charge in [0.25, 0.3) is 5.89 Å². The summed E-state index contributed by atoms with van der Waals surface area (Å²) in [6.45, 7) is 3.79. The summed E-state index contributed by atoms with van der Waals surface area (Å²) in [5, 5.41) is 13.6. The molecule has 0 atom stereocenters. The van der Waals surface area contributed by atoms with Gasteiger partial charge in [-0.3, -0.25) is 0 Å². The molecule has 0 aliphatic carbocycles. The van der Waals surface area contributed by atoms with Crippen molar-refractivity contribution < 1.29 is 9.26 Å². The summed E-state index contributed by atoms with van der Waals surface area (Å²) in [5.74, 6) is 1.12. The van der Waals surface area contributed by atoms with E-state index in [1.165, 1.54) is 0 Å². The standard InChI is InChI=1S/C18H13BClN3O2/c1-10(2)24-15-7-6-11(8-12(15)9-21)18-22-17(23-25-18)13-4-3-5-14(19)16(13)20/h3-8,10H,1-2H3. The van der Waals surface area contributed by atoms with Gasteiger partial charge in [-0.1, -0.05) is 34.4 Å². The van der Waals surface area contributed by atoms with Crippen LogP contribution in [0.4, 0.5) is 0 Å². The van der Waals surface area contributed by atoms with Crippen LogP contribution in [0.2, 0.25) is 5.02 Å². The van der Waals surface area contributed by atoms with Gasteiger partial charge in [0.1, 0.15) is 19.7 Å². The first-order valence-corrected chi connectivity index (χ1v) is 7.96. The molecule has 0 spiro atoms. The van der Waals surface area contributed by atoms with E-state index in [4.69, 9.17) is 28.7 Å². The summed E-state index contributed by atoms with van der Waals surface area (Å²) < 4.78 is 10.9. The molecule has 2 aromatic carbocycles. The molecule has 0 fully saturated rings. The summed E-state index contributed by atoms with van der Waals surface area (Å²) in [7, 11) is 5.80. The van der Waals surface area contributed by atoms with Crippen molar-refractivity contribution in [3.8, 4) is 34.7 Å². The van der Waals surface area contributed by atoms with Crippen molar-refractivity contribution in [3.05, 3.63) is 47.0 Å². The molecule has 0 aliphatic heterocycles. The average Bonchev–Trinajstić information content (AvgIpc) is 3.07. The van der Waals surface area contributed by atoms with Crippen LogP contribution in [-0.4, -0.2) is 24.1 Å². The van der Waals surface area contributed by atoms with E-state index in [9.17, 15) is 5.26 Å². The van der Waals surface area contributed by atoms with Crippen molar-refractivity contribution in [2.24, 2.45) is 0 Å². The summed E-state index contributed by atoms with van der Waals surface area (Å²) in [4.78, 5) is 4.35. The molecule has 0 unspecified atom stereocenters. The maximum absolute atomic E-state index is 9.32. The fourth-order valence-electron chi connectivity index (χ4n) is 2.28. The minimum absolute atomic E-state index is 0.0290. The molecule has 1 heterocycles. The van der Waals surface area contributed by atoms with Crippen molar-refractivity contribution in [1.82, 2.24) is 10.1 Å². The molecular weight excluding hydrogens is 336 g/mol. The van der Waals surface area contributed by atoms with E-state index in [2.05, 4.69) is 16.2 Å². The van der Waals surface area contributed by atoms with Crippen LogP contribution in [0.15, 0.2) is 40.9 Å². The van der Waals surface area contributed by atoms with Crippen LogP contribution >= 0.6 is 11.6 Å². The molecule has 0 aliphatic rings. The molecule has 0 N–H and O–H groups in total. The lowest BCUT2D eigenvalue weighted by Gasteiger charge is -2.11. The predicted octanol–water partition coefficient (Wildman–Crippen LogP) is 3.51.